The van der Waals surface area contributed by atoms with Gasteiger partial charge in [-0.05, 0) is 80.1 Å². The molecule has 0 spiro atoms. The topological polar surface area (TPSA) is 92.4 Å². The van der Waals surface area contributed by atoms with Crippen molar-refractivity contribution in [2.24, 2.45) is 0 Å². The zero-order chi connectivity index (χ0) is 26.3. The highest BCUT2D eigenvalue weighted by molar-refractivity contribution is 5.96. The quantitative estimate of drug-likeness (QED) is 0.248. The summed E-state index contributed by atoms with van der Waals surface area (Å²) in [5.74, 6) is 1.09. The predicted molar refractivity (Wildman–Crippen MR) is 150 cm³/mol. The summed E-state index contributed by atoms with van der Waals surface area (Å²) in [6.07, 6.45) is 9.71. The first-order valence-electron chi connectivity index (χ1n) is 13.3. The number of hydrogen-bond acceptors (Lipinski definition) is 5. The number of halogens is 1. The maximum Gasteiger partial charge on any atom is 0.161 e. The van der Waals surface area contributed by atoms with Gasteiger partial charge in [-0.25, -0.2) is 14.4 Å². The molecule has 0 radical (unpaired) electrons. The van der Waals surface area contributed by atoms with Gasteiger partial charge in [0.05, 0.1) is 34.5 Å². The van der Waals surface area contributed by atoms with Crippen LogP contribution in [0.25, 0.3) is 56.0 Å². The molecule has 194 valence electrons. The number of pyridine rings is 2. The normalized spacial score (nSPS) is 14.3. The molecule has 0 aliphatic heterocycles. The number of fused-ring (bicyclic) bond motifs is 2. The standard InChI is InChI=1S/C31H27FN6O/c1-18-12-19(14-21(32)13-18)24-8-5-9-26-28(24)36-31(35-26)30-29-27(37-38-30)11-10-25(34-29)20-15-23(17-33-16-20)39-22-6-3-2-4-7-22/h5,8-17,22H,2-4,6-7H2,1H3,(H,35,36)(H,37,38). The zero-order valence-corrected chi connectivity index (χ0v) is 21.5. The van der Waals surface area contributed by atoms with Crippen molar-refractivity contribution < 1.29 is 9.13 Å². The number of imidazole rings is 1. The molecule has 0 saturated heterocycles. The Morgan fingerprint density at radius 2 is 1.77 bits per heavy atom. The number of nitrogens with zero attached hydrogens (tertiary/aromatic N) is 4. The largest absolute Gasteiger partial charge is 0.489 e. The number of nitrogens with one attached hydrogen (secondary N) is 2. The summed E-state index contributed by atoms with van der Waals surface area (Å²) in [6, 6.07) is 16.8. The van der Waals surface area contributed by atoms with Gasteiger partial charge in [0.25, 0.3) is 0 Å². The second-order valence-corrected chi connectivity index (χ2v) is 10.3. The van der Waals surface area contributed by atoms with Crippen molar-refractivity contribution in [3.05, 3.63) is 78.4 Å². The Balaban J connectivity index is 1.26. The van der Waals surface area contributed by atoms with Gasteiger partial charge in [-0.1, -0.05) is 24.6 Å². The second-order valence-electron chi connectivity index (χ2n) is 10.3. The van der Waals surface area contributed by atoms with Crippen molar-refractivity contribution >= 4 is 22.1 Å². The fraction of sp³-hybridized carbons (Fsp3) is 0.226. The third-order valence-corrected chi connectivity index (χ3v) is 7.36. The number of aromatic nitrogens is 6. The van der Waals surface area contributed by atoms with Crippen molar-refractivity contribution in [3.8, 4) is 39.7 Å². The average molecular weight is 519 g/mol. The highest BCUT2D eigenvalue weighted by Gasteiger charge is 2.18. The molecule has 1 saturated carbocycles. The van der Waals surface area contributed by atoms with Crippen molar-refractivity contribution in [1.82, 2.24) is 30.1 Å². The molecule has 2 N–H and O–H groups in total. The monoisotopic (exact) mass is 518 g/mol. The van der Waals surface area contributed by atoms with Gasteiger partial charge in [-0.3, -0.25) is 10.1 Å². The van der Waals surface area contributed by atoms with E-state index < -0.39 is 0 Å². The third kappa shape index (κ3) is 4.52. The van der Waals surface area contributed by atoms with Crippen molar-refractivity contribution in [3.63, 3.8) is 0 Å². The Morgan fingerprint density at radius 1 is 0.872 bits per heavy atom. The van der Waals surface area contributed by atoms with Crippen LogP contribution in [-0.2, 0) is 0 Å². The summed E-state index contributed by atoms with van der Waals surface area (Å²) in [4.78, 5) is 17.6. The summed E-state index contributed by atoms with van der Waals surface area (Å²) >= 11 is 0. The number of para-hydroxylation sites is 1. The summed E-state index contributed by atoms with van der Waals surface area (Å²) < 4.78 is 20.4. The molecule has 1 aliphatic carbocycles. The molecular formula is C31H27FN6O. The van der Waals surface area contributed by atoms with Crippen LogP contribution in [0, 0.1) is 12.7 Å². The lowest BCUT2D eigenvalue weighted by Crippen LogP contribution is -2.19. The van der Waals surface area contributed by atoms with Gasteiger partial charge in [0.2, 0.25) is 0 Å². The number of aromatic amines is 2. The van der Waals surface area contributed by atoms with Gasteiger partial charge in [0.1, 0.15) is 17.1 Å². The van der Waals surface area contributed by atoms with E-state index in [0.717, 1.165) is 63.1 Å². The molecule has 39 heavy (non-hydrogen) atoms. The number of hydrogen-bond donors (Lipinski definition) is 2. The van der Waals surface area contributed by atoms with E-state index in [0.29, 0.717) is 17.0 Å². The number of aryl methyl sites for hydroxylation is 1. The van der Waals surface area contributed by atoms with E-state index in [4.69, 9.17) is 14.7 Å². The molecule has 6 aromatic rings. The third-order valence-electron chi connectivity index (χ3n) is 7.36. The molecule has 7 rings (SSSR count). The molecule has 0 amide bonds. The fourth-order valence-corrected chi connectivity index (χ4v) is 5.49. The van der Waals surface area contributed by atoms with Gasteiger partial charge in [0, 0.05) is 17.3 Å². The average Bonchev–Trinajstić information content (AvgIpc) is 3.57. The van der Waals surface area contributed by atoms with Crippen molar-refractivity contribution in [2.45, 2.75) is 45.1 Å². The lowest BCUT2D eigenvalue weighted by molar-refractivity contribution is 0.154. The molecule has 2 aromatic carbocycles. The zero-order valence-electron chi connectivity index (χ0n) is 21.5. The van der Waals surface area contributed by atoms with Crippen LogP contribution in [0.15, 0.2) is 67.0 Å². The highest BCUT2D eigenvalue weighted by atomic mass is 19.1. The van der Waals surface area contributed by atoms with Crippen LogP contribution < -0.4 is 4.74 Å². The van der Waals surface area contributed by atoms with Crippen molar-refractivity contribution in [2.75, 3.05) is 0 Å². The van der Waals surface area contributed by atoms with Crippen LogP contribution in [0.5, 0.6) is 5.75 Å². The molecular weight excluding hydrogens is 491 g/mol. The van der Waals surface area contributed by atoms with E-state index in [9.17, 15) is 4.39 Å². The maximum atomic E-state index is 14.2. The van der Waals surface area contributed by atoms with Gasteiger partial charge in [-0.15, -0.1) is 0 Å². The summed E-state index contributed by atoms with van der Waals surface area (Å²) in [5, 5.41) is 7.61. The fourth-order valence-electron chi connectivity index (χ4n) is 5.49. The van der Waals surface area contributed by atoms with E-state index in [2.05, 4.69) is 20.2 Å². The SMILES string of the molecule is Cc1cc(F)cc(-c2cccc3[nH]c(-c4n[nH]c5ccc(-c6cncc(OC7CCCCC7)c6)nc45)nc23)c1. The first kappa shape index (κ1) is 23.5. The minimum absolute atomic E-state index is 0.251. The molecule has 0 atom stereocenters. The number of rotatable bonds is 5. The molecule has 1 fully saturated rings. The molecule has 4 heterocycles. The lowest BCUT2D eigenvalue weighted by atomic mass is 9.98. The van der Waals surface area contributed by atoms with Crippen molar-refractivity contribution in [1.29, 1.82) is 0 Å². The smallest absolute Gasteiger partial charge is 0.161 e. The molecule has 0 bridgehead atoms. The molecule has 8 heteroatoms. The van der Waals surface area contributed by atoms with E-state index in [-0.39, 0.29) is 11.9 Å². The minimum Gasteiger partial charge on any atom is -0.489 e. The molecule has 7 nitrogen and oxygen atoms in total. The van der Waals surface area contributed by atoms with Gasteiger partial charge in [0.15, 0.2) is 11.5 Å². The van der Waals surface area contributed by atoms with E-state index in [1.54, 1.807) is 12.4 Å². The van der Waals surface area contributed by atoms with Crippen LogP contribution in [0.2, 0.25) is 0 Å². The van der Waals surface area contributed by atoms with Crippen LogP contribution in [0.1, 0.15) is 37.7 Å². The Labute approximate surface area is 224 Å². The van der Waals surface area contributed by atoms with E-state index in [1.807, 2.05) is 49.4 Å². The van der Waals surface area contributed by atoms with E-state index >= 15 is 0 Å². The van der Waals surface area contributed by atoms with Crippen LogP contribution >= 0.6 is 0 Å². The predicted octanol–water partition coefficient (Wildman–Crippen LogP) is 7.39. The van der Waals surface area contributed by atoms with Crippen LogP contribution in [-0.4, -0.2) is 36.2 Å². The number of H-pyrrole nitrogens is 2. The highest BCUT2D eigenvalue weighted by Crippen LogP contribution is 2.33. The molecule has 4 aromatic heterocycles. The first-order valence-corrected chi connectivity index (χ1v) is 13.3. The minimum atomic E-state index is -0.268. The molecule has 0 unspecified atom stereocenters. The number of benzene rings is 2. The molecule has 1 aliphatic rings. The Hall–Kier alpha value is -4.59. The van der Waals surface area contributed by atoms with Gasteiger partial charge in [-0.2, -0.15) is 5.10 Å². The van der Waals surface area contributed by atoms with Crippen LogP contribution in [0.3, 0.4) is 0 Å². The number of ether oxygens (including phenoxy) is 1. The van der Waals surface area contributed by atoms with Crippen LogP contribution in [0.4, 0.5) is 4.39 Å². The second kappa shape index (κ2) is 9.62. The summed E-state index contributed by atoms with van der Waals surface area (Å²) in [7, 11) is 0. The van der Waals surface area contributed by atoms with E-state index in [1.165, 1.54) is 31.4 Å². The Kier molecular flexibility index (Phi) is 5.80. The Bertz CT molecular complexity index is 1800. The summed E-state index contributed by atoms with van der Waals surface area (Å²) in [5.41, 5.74) is 7.87. The lowest BCUT2D eigenvalue weighted by Gasteiger charge is -2.22. The Morgan fingerprint density at radius 3 is 2.64 bits per heavy atom. The first-order chi connectivity index (χ1) is 19.1. The van der Waals surface area contributed by atoms with Gasteiger partial charge < -0.3 is 9.72 Å². The summed E-state index contributed by atoms with van der Waals surface area (Å²) in [6.45, 7) is 1.88. The van der Waals surface area contributed by atoms with Gasteiger partial charge >= 0.3 is 0 Å². The maximum absolute atomic E-state index is 14.2.